The van der Waals surface area contributed by atoms with Gasteiger partial charge >= 0.3 is 6.09 Å². The van der Waals surface area contributed by atoms with Crippen molar-refractivity contribution in [1.82, 2.24) is 14.7 Å². The first-order chi connectivity index (χ1) is 11.3. The Morgan fingerprint density at radius 1 is 1.21 bits per heavy atom. The molecule has 1 aliphatic carbocycles. The van der Waals surface area contributed by atoms with E-state index < -0.39 is 5.60 Å². The Morgan fingerprint density at radius 2 is 1.88 bits per heavy atom. The summed E-state index contributed by atoms with van der Waals surface area (Å²) in [6, 6.07) is 0. The molecule has 2 heterocycles. The maximum atomic E-state index is 12.3. The van der Waals surface area contributed by atoms with Gasteiger partial charge in [-0.3, -0.25) is 4.68 Å². The summed E-state index contributed by atoms with van der Waals surface area (Å²) in [5.41, 5.74) is 4.03. The van der Waals surface area contributed by atoms with Gasteiger partial charge in [-0.05, 0) is 59.8 Å². The number of likely N-dealkylation sites (tertiary alicyclic amines) is 1. The van der Waals surface area contributed by atoms with Gasteiger partial charge in [-0.15, -0.1) is 0 Å². The maximum absolute atomic E-state index is 12.3. The van der Waals surface area contributed by atoms with E-state index in [0.29, 0.717) is 0 Å². The second kappa shape index (κ2) is 6.08. The van der Waals surface area contributed by atoms with Gasteiger partial charge < -0.3 is 9.64 Å². The van der Waals surface area contributed by atoms with Crippen molar-refractivity contribution in [3.05, 3.63) is 17.0 Å². The van der Waals surface area contributed by atoms with Crippen LogP contribution in [0.2, 0.25) is 0 Å². The van der Waals surface area contributed by atoms with Gasteiger partial charge in [0.05, 0.1) is 5.69 Å². The molecule has 5 nitrogen and oxygen atoms in total. The van der Waals surface area contributed by atoms with E-state index in [-0.39, 0.29) is 11.5 Å². The Hall–Kier alpha value is -1.52. The highest BCUT2D eigenvalue weighted by molar-refractivity contribution is 5.68. The molecule has 2 aliphatic rings. The summed E-state index contributed by atoms with van der Waals surface area (Å²) in [7, 11) is 0. The zero-order chi connectivity index (χ0) is 17.5. The number of piperidine rings is 1. The van der Waals surface area contributed by atoms with Crippen molar-refractivity contribution in [3.63, 3.8) is 0 Å². The zero-order valence-corrected chi connectivity index (χ0v) is 15.8. The molecule has 5 heteroatoms. The number of aromatic nitrogens is 2. The highest BCUT2D eigenvalue weighted by Crippen LogP contribution is 2.47. The van der Waals surface area contributed by atoms with Crippen LogP contribution < -0.4 is 0 Å². The van der Waals surface area contributed by atoms with E-state index in [4.69, 9.17) is 9.84 Å². The minimum atomic E-state index is -0.426. The number of hydrogen-bond acceptors (Lipinski definition) is 3. The summed E-state index contributed by atoms with van der Waals surface area (Å²) in [5.74, 6) is 0. The van der Waals surface area contributed by atoms with Crippen LogP contribution in [0.4, 0.5) is 4.79 Å². The number of amides is 1. The van der Waals surface area contributed by atoms with Crippen molar-refractivity contribution in [2.24, 2.45) is 0 Å². The van der Waals surface area contributed by atoms with Crippen molar-refractivity contribution >= 4 is 6.09 Å². The van der Waals surface area contributed by atoms with Crippen LogP contribution in [0.15, 0.2) is 0 Å². The van der Waals surface area contributed by atoms with Gasteiger partial charge in [-0.2, -0.15) is 5.10 Å². The Labute approximate surface area is 145 Å². The fraction of sp³-hybridized carbons (Fsp3) is 0.789. The fourth-order valence-electron chi connectivity index (χ4n) is 4.39. The summed E-state index contributed by atoms with van der Waals surface area (Å²) >= 11 is 0. The standard InChI is InChI=1S/C19H31N3O2/c1-6-15-16-14(20-22(15)7-2)8-9-19(16)10-12-21(13-11-19)17(23)24-18(3,4)5/h6-13H2,1-5H3. The van der Waals surface area contributed by atoms with Crippen molar-refractivity contribution < 1.29 is 9.53 Å². The van der Waals surface area contributed by atoms with E-state index in [1.807, 2.05) is 25.7 Å². The normalized spacial score (nSPS) is 19.6. The van der Waals surface area contributed by atoms with Crippen molar-refractivity contribution in [1.29, 1.82) is 0 Å². The average molecular weight is 333 g/mol. The summed E-state index contributed by atoms with van der Waals surface area (Å²) in [6.07, 6.45) is 5.19. The highest BCUT2D eigenvalue weighted by Gasteiger charge is 2.45. The van der Waals surface area contributed by atoms with Gasteiger partial charge in [0, 0.05) is 36.3 Å². The summed E-state index contributed by atoms with van der Waals surface area (Å²) in [6.45, 7) is 12.7. The quantitative estimate of drug-likeness (QED) is 0.829. The van der Waals surface area contributed by atoms with Gasteiger partial charge in [0.2, 0.25) is 0 Å². The topological polar surface area (TPSA) is 47.4 Å². The van der Waals surface area contributed by atoms with E-state index in [1.165, 1.54) is 23.4 Å². The Bertz CT molecular complexity index is 619. The number of carbonyl (C=O) groups excluding carboxylic acids is 1. The first-order valence-electron chi connectivity index (χ1n) is 9.36. The Morgan fingerprint density at radius 3 is 2.42 bits per heavy atom. The number of ether oxygens (including phenoxy) is 1. The zero-order valence-electron chi connectivity index (χ0n) is 15.8. The minimum absolute atomic E-state index is 0.171. The molecule has 0 bridgehead atoms. The van der Waals surface area contributed by atoms with Crippen molar-refractivity contribution in [2.45, 2.75) is 84.3 Å². The molecule has 0 atom stereocenters. The first kappa shape index (κ1) is 17.3. The number of fused-ring (bicyclic) bond motifs is 2. The molecule has 0 saturated carbocycles. The molecule has 1 saturated heterocycles. The largest absolute Gasteiger partial charge is 0.444 e. The molecule has 134 valence electrons. The lowest BCUT2D eigenvalue weighted by atomic mass is 9.73. The summed E-state index contributed by atoms with van der Waals surface area (Å²) < 4.78 is 7.72. The van der Waals surface area contributed by atoms with E-state index in [2.05, 4.69) is 18.5 Å². The first-order valence-corrected chi connectivity index (χ1v) is 9.36. The molecule has 1 aromatic heterocycles. The molecule has 1 spiro atoms. The molecular weight excluding hydrogens is 302 g/mol. The van der Waals surface area contributed by atoms with Gasteiger partial charge in [-0.25, -0.2) is 4.79 Å². The fourth-order valence-corrected chi connectivity index (χ4v) is 4.39. The number of nitrogens with zero attached hydrogens (tertiary/aromatic N) is 3. The van der Waals surface area contributed by atoms with Crippen LogP contribution in [0.1, 0.15) is 70.8 Å². The molecule has 24 heavy (non-hydrogen) atoms. The lowest BCUT2D eigenvalue weighted by molar-refractivity contribution is 0.0163. The number of rotatable bonds is 2. The van der Waals surface area contributed by atoms with Crippen molar-refractivity contribution in [2.75, 3.05) is 13.1 Å². The predicted molar refractivity (Wildman–Crippen MR) is 94.3 cm³/mol. The van der Waals surface area contributed by atoms with Gasteiger partial charge in [0.15, 0.2) is 0 Å². The van der Waals surface area contributed by atoms with Gasteiger partial charge in [0.1, 0.15) is 5.60 Å². The third-order valence-electron chi connectivity index (χ3n) is 5.51. The second-order valence-corrected chi connectivity index (χ2v) is 8.19. The lowest BCUT2D eigenvalue weighted by Gasteiger charge is -2.40. The highest BCUT2D eigenvalue weighted by atomic mass is 16.6. The van der Waals surface area contributed by atoms with Crippen LogP contribution in [-0.4, -0.2) is 39.5 Å². The van der Waals surface area contributed by atoms with Gasteiger partial charge in [0.25, 0.3) is 0 Å². The summed E-state index contributed by atoms with van der Waals surface area (Å²) in [5, 5.41) is 4.84. The monoisotopic (exact) mass is 333 g/mol. The SMILES string of the molecule is CCc1c2c(nn1CC)CCC21CCN(C(=O)OC(C)(C)C)CC1. The van der Waals surface area contributed by atoms with Crippen LogP contribution in [0.5, 0.6) is 0 Å². The van der Waals surface area contributed by atoms with E-state index in [1.54, 1.807) is 0 Å². The Kier molecular flexibility index (Phi) is 4.39. The molecule has 0 unspecified atom stereocenters. The number of hydrogen-bond donors (Lipinski definition) is 0. The van der Waals surface area contributed by atoms with Gasteiger partial charge in [-0.1, -0.05) is 6.92 Å². The minimum Gasteiger partial charge on any atom is -0.444 e. The van der Waals surface area contributed by atoms with Crippen LogP contribution in [-0.2, 0) is 29.5 Å². The van der Waals surface area contributed by atoms with Crippen molar-refractivity contribution in [3.8, 4) is 0 Å². The smallest absolute Gasteiger partial charge is 0.410 e. The molecule has 0 aromatic carbocycles. The van der Waals surface area contributed by atoms with Crippen LogP contribution >= 0.6 is 0 Å². The maximum Gasteiger partial charge on any atom is 0.410 e. The lowest BCUT2D eigenvalue weighted by Crippen LogP contribution is -2.46. The molecule has 3 rings (SSSR count). The van der Waals surface area contributed by atoms with E-state index in [9.17, 15) is 4.79 Å². The van der Waals surface area contributed by atoms with E-state index >= 15 is 0 Å². The molecule has 1 amide bonds. The molecule has 1 aromatic rings. The predicted octanol–water partition coefficient (Wildman–Crippen LogP) is 3.68. The number of aryl methyl sites for hydroxylation is 2. The van der Waals surface area contributed by atoms with Crippen LogP contribution in [0.3, 0.4) is 0 Å². The molecule has 1 fully saturated rings. The molecule has 0 N–H and O–H groups in total. The van der Waals surface area contributed by atoms with Crippen LogP contribution in [0.25, 0.3) is 0 Å². The molecule has 1 aliphatic heterocycles. The average Bonchev–Trinajstić information content (AvgIpc) is 3.04. The Balaban J connectivity index is 1.76. The molecular formula is C19H31N3O2. The van der Waals surface area contributed by atoms with E-state index in [0.717, 1.165) is 45.3 Å². The summed E-state index contributed by atoms with van der Waals surface area (Å²) in [4.78, 5) is 14.2. The van der Waals surface area contributed by atoms with Crippen LogP contribution in [0, 0.1) is 0 Å². The number of carbonyl (C=O) groups is 1. The third-order valence-corrected chi connectivity index (χ3v) is 5.51. The third kappa shape index (κ3) is 2.93. The second-order valence-electron chi connectivity index (χ2n) is 8.19. The molecule has 0 radical (unpaired) electrons.